The van der Waals surface area contributed by atoms with E-state index in [4.69, 9.17) is 4.74 Å². The van der Waals surface area contributed by atoms with Crippen LogP contribution in [-0.4, -0.2) is 18.1 Å². The van der Waals surface area contributed by atoms with E-state index in [1.54, 1.807) is 23.6 Å². The van der Waals surface area contributed by atoms with Gasteiger partial charge in [0.05, 0.1) is 18.7 Å². The molecule has 1 aromatic carbocycles. The van der Waals surface area contributed by atoms with E-state index in [1.165, 1.54) is 7.11 Å². The molecule has 1 heterocycles. The maximum atomic E-state index is 11.4. The van der Waals surface area contributed by atoms with E-state index in [1.807, 2.05) is 24.4 Å². The fraction of sp³-hybridized carbons (Fsp3) is 0.286. The van der Waals surface area contributed by atoms with Crippen molar-refractivity contribution in [3.63, 3.8) is 0 Å². The van der Waals surface area contributed by atoms with Crippen LogP contribution in [0.25, 0.3) is 0 Å². The van der Waals surface area contributed by atoms with Crippen LogP contribution in [0.4, 0.5) is 5.69 Å². The Morgan fingerprint density at radius 2 is 2.26 bits per heavy atom. The molecule has 0 amide bonds. The van der Waals surface area contributed by atoms with Crippen molar-refractivity contribution in [2.24, 2.45) is 0 Å². The second kappa shape index (κ2) is 5.84. The monoisotopic (exact) mass is 276 g/mol. The third kappa shape index (κ3) is 3.12. The first kappa shape index (κ1) is 13.5. The number of aryl methyl sites for hydroxylation is 1. The SMILES string of the molecule is COC(=O)c1ccc(NC(C)c2nccs2)c(C)c1. The van der Waals surface area contributed by atoms with Gasteiger partial charge in [0.25, 0.3) is 0 Å². The van der Waals surface area contributed by atoms with Gasteiger partial charge < -0.3 is 10.1 Å². The number of esters is 1. The fourth-order valence-electron chi connectivity index (χ4n) is 1.81. The van der Waals surface area contributed by atoms with Crippen molar-refractivity contribution in [1.29, 1.82) is 0 Å². The van der Waals surface area contributed by atoms with Crippen LogP contribution in [0.15, 0.2) is 29.8 Å². The lowest BCUT2D eigenvalue weighted by Crippen LogP contribution is -2.08. The summed E-state index contributed by atoms with van der Waals surface area (Å²) in [6, 6.07) is 5.62. The first-order chi connectivity index (χ1) is 9.11. The Kier molecular flexibility index (Phi) is 4.16. The van der Waals surface area contributed by atoms with Gasteiger partial charge in [-0.2, -0.15) is 0 Å². The van der Waals surface area contributed by atoms with Crippen LogP contribution in [0.1, 0.15) is 33.9 Å². The summed E-state index contributed by atoms with van der Waals surface area (Å²) in [4.78, 5) is 15.7. The molecule has 0 fully saturated rings. The molecule has 1 atom stereocenters. The van der Waals surface area contributed by atoms with Crippen molar-refractivity contribution >= 4 is 23.0 Å². The first-order valence-electron chi connectivity index (χ1n) is 5.96. The largest absolute Gasteiger partial charge is 0.465 e. The maximum absolute atomic E-state index is 11.4. The van der Waals surface area contributed by atoms with E-state index in [0.717, 1.165) is 16.3 Å². The molecule has 4 nitrogen and oxygen atoms in total. The van der Waals surface area contributed by atoms with E-state index in [0.29, 0.717) is 5.56 Å². The standard InChI is InChI=1S/C14H16N2O2S/c1-9-8-11(14(17)18-3)4-5-12(9)16-10(2)13-15-6-7-19-13/h4-8,10,16H,1-3H3. The minimum absolute atomic E-state index is 0.141. The van der Waals surface area contributed by atoms with E-state index >= 15 is 0 Å². The molecule has 2 rings (SSSR count). The molecule has 0 aliphatic carbocycles. The summed E-state index contributed by atoms with van der Waals surface area (Å²) in [5, 5.41) is 6.39. The molecule has 0 bridgehead atoms. The molecule has 0 spiro atoms. The molecule has 19 heavy (non-hydrogen) atoms. The van der Waals surface area contributed by atoms with Crippen molar-refractivity contribution in [1.82, 2.24) is 4.98 Å². The van der Waals surface area contributed by atoms with Gasteiger partial charge in [0.1, 0.15) is 5.01 Å². The van der Waals surface area contributed by atoms with Crippen molar-refractivity contribution in [3.05, 3.63) is 45.9 Å². The molecule has 1 aromatic heterocycles. The van der Waals surface area contributed by atoms with Gasteiger partial charge in [-0.15, -0.1) is 11.3 Å². The van der Waals surface area contributed by atoms with Crippen molar-refractivity contribution in [2.75, 3.05) is 12.4 Å². The van der Waals surface area contributed by atoms with Crippen LogP contribution in [-0.2, 0) is 4.74 Å². The second-order valence-electron chi connectivity index (χ2n) is 4.26. The van der Waals surface area contributed by atoms with Gasteiger partial charge >= 0.3 is 5.97 Å². The molecule has 1 unspecified atom stereocenters. The van der Waals surface area contributed by atoms with Gasteiger partial charge in [-0.05, 0) is 37.6 Å². The minimum atomic E-state index is -0.317. The van der Waals surface area contributed by atoms with Gasteiger partial charge in [-0.25, -0.2) is 9.78 Å². The quantitative estimate of drug-likeness (QED) is 0.869. The lowest BCUT2D eigenvalue weighted by Gasteiger charge is -2.15. The predicted molar refractivity (Wildman–Crippen MR) is 76.7 cm³/mol. The molecule has 0 radical (unpaired) electrons. The van der Waals surface area contributed by atoms with Crippen LogP contribution in [0.2, 0.25) is 0 Å². The van der Waals surface area contributed by atoms with Gasteiger partial charge in [0.15, 0.2) is 0 Å². The number of carbonyl (C=O) groups is 1. The fourth-order valence-corrected chi connectivity index (χ4v) is 2.46. The number of methoxy groups -OCH3 is 1. The minimum Gasteiger partial charge on any atom is -0.465 e. The highest BCUT2D eigenvalue weighted by Gasteiger charge is 2.11. The van der Waals surface area contributed by atoms with Crippen molar-refractivity contribution in [3.8, 4) is 0 Å². The summed E-state index contributed by atoms with van der Waals surface area (Å²) in [6.45, 7) is 4.02. The van der Waals surface area contributed by atoms with E-state index in [-0.39, 0.29) is 12.0 Å². The molecule has 1 N–H and O–H groups in total. The number of nitrogens with zero attached hydrogens (tertiary/aromatic N) is 1. The lowest BCUT2D eigenvalue weighted by atomic mass is 10.1. The van der Waals surface area contributed by atoms with E-state index in [9.17, 15) is 4.79 Å². The highest BCUT2D eigenvalue weighted by molar-refractivity contribution is 7.09. The van der Waals surface area contributed by atoms with Gasteiger partial charge in [-0.1, -0.05) is 0 Å². The Balaban J connectivity index is 2.15. The normalized spacial score (nSPS) is 11.9. The zero-order valence-corrected chi connectivity index (χ0v) is 12.0. The Bertz CT molecular complexity index is 567. The van der Waals surface area contributed by atoms with E-state index in [2.05, 4.69) is 17.2 Å². The Morgan fingerprint density at radius 1 is 1.47 bits per heavy atom. The summed E-state index contributed by atoms with van der Waals surface area (Å²) in [5.41, 5.74) is 2.56. The summed E-state index contributed by atoms with van der Waals surface area (Å²) in [7, 11) is 1.38. The summed E-state index contributed by atoms with van der Waals surface area (Å²) >= 11 is 1.62. The molecule has 0 saturated heterocycles. The number of hydrogen-bond acceptors (Lipinski definition) is 5. The van der Waals surface area contributed by atoms with Gasteiger partial charge in [0.2, 0.25) is 0 Å². The van der Waals surface area contributed by atoms with Crippen LogP contribution in [0.3, 0.4) is 0 Å². The molecule has 0 saturated carbocycles. The highest BCUT2D eigenvalue weighted by Crippen LogP contribution is 2.24. The van der Waals surface area contributed by atoms with Gasteiger partial charge in [-0.3, -0.25) is 0 Å². The molecule has 0 aliphatic rings. The summed E-state index contributed by atoms with van der Waals surface area (Å²) < 4.78 is 4.70. The zero-order valence-electron chi connectivity index (χ0n) is 11.1. The van der Waals surface area contributed by atoms with Crippen LogP contribution in [0, 0.1) is 6.92 Å². The summed E-state index contributed by atoms with van der Waals surface area (Å²) in [6.07, 6.45) is 1.80. The Labute approximate surface area is 116 Å². The number of hydrogen-bond donors (Lipinski definition) is 1. The van der Waals surface area contributed by atoms with Gasteiger partial charge in [0, 0.05) is 17.3 Å². The maximum Gasteiger partial charge on any atom is 0.337 e. The molecule has 100 valence electrons. The molecule has 2 aromatic rings. The Morgan fingerprint density at radius 3 is 2.84 bits per heavy atom. The molecule has 5 heteroatoms. The number of carbonyl (C=O) groups excluding carboxylic acids is 1. The second-order valence-corrected chi connectivity index (χ2v) is 5.18. The molecule has 0 aliphatic heterocycles. The van der Waals surface area contributed by atoms with Crippen LogP contribution in [0.5, 0.6) is 0 Å². The zero-order chi connectivity index (χ0) is 13.8. The summed E-state index contributed by atoms with van der Waals surface area (Å²) in [5.74, 6) is -0.317. The number of nitrogens with one attached hydrogen (secondary N) is 1. The molecular weight excluding hydrogens is 260 g/mol. The van der Waals surface area contributed by atoms with Crippen molar-refractivity contribution < 1.29 is 9.53 Å². The topological polar surface area (TPSA) is 51.2 Å². The highest BCUT2D eigenvalue weighted by atomic mass is 32.1. The molecular formula is C14H16N2O2S. The number of thiazole rings is 1. The average molecular weight is 276 g/mol. The third-order valence-electron chi connectivity index (χ3n) is 2.84. The number of rotatable bonds is 4. The number of ether oxygens (including phenoxy) is 1. The van der Waals surface area contributed by atoms with E-state index < -0.39 is 0 Å². The van der Waals surface area contributed by atoms with Crippen LogP contribution < -0.4 is 5.32 Å². The first-order valence-corrected chi connectivity index (χ1v) is 6.84. The van der Waals surface area contributed by atoms with Crippen molar-refractivity contribution in [2.45, 2.75) is 19.9 Å². The third-order valence-corrected chi connectivity index (χ3v) is 3.80. The number of benzene rings is 1. The number of aromatic nitrogens is 1. The average Bonchev–Trinajstić information content (AvgIpc) is 2.94. The lowest BCUT2D eigenvalue weighted by molar-refractivity contribution is 0.0600. The van der Waals surface area contributed by atoms with Crippen LogP contribution >= 0.6 is 11.3 Å². The number of anilines is 1. The predicted octanol–water partition coefficient (Wildman–Crippen LogP) is 3.41. The Hall–Kier alpha value is -1.88. The smallest absolute Gasteiger partial charge is 0.337 e.